The number of ether oxygens (including phenoxy) is 1. The Kier molecular flexibility index (Phi) is 5.67. The number of hydrogen-bond donors (Lipinski definition) is 1. The van der Waals surface area contributed by atoms with Gasteiger partial charge in [-0.2, -0.15) is 23.1 Å². The second kappa shape index (κ2) is 8.39. The van der Waals surface area contributed by atoms with E-state index in [2.05, 4.69) is 32.2 Å². The van der Waals surface area contributed by atoms with Crippen LogP contribution in [-0.2, 0) is 17.5 Å². The molecule has 0 bridgehead atoms. The average molecular weight is 418 g/mol. The summed E-state index contributed by atoms with van der Waals surface area (Å²) in [5.74, 6) is 0.904. The minimum Gasteiger partial charge on any atom is -0.380 e. The first-order chi connectivity index (χ1) is 14.4. The van der Waals surface area contributed by atoms with Gasteiger partial charge in [0.05, 0.1) is 12.0 Å². The van der Waals surface area contributed by atoms with Crippen LogP contribution in [0.2, 0.25) is 0 Å². The summed E-state index contributed by atoms with van der Waals surface area (Å²) in [5, 5.41) is 3.67. The number of halogens is 3. The van der Waals surface area contributed by atoms with Crippen LogP contribution in [0, 0.1) is 0 Å². The lowest BCUT2D eigenvalue weighted by molar-refractivity contribution is -0.141. The van der Waals surface area contributed by atoms with Gasteiger partial charge in [0.25, 0.3) is 0 Å². The van der Waals surface area contributed by atoms with E-state index in [0.29, 0.717) is 42.6 Å². The topological polar surface area (TPSA) is 76.1 Å². The zero-order chi connectivity index (χ0) is 21.1. The molecule has 3 aromatic rings. The van der Waals surface area contributed by atoms with Crippen LogP contribution in [0.5, 0.6) is 0 Å². The fraction of sp³-hybridized carbons (Fsp3) is 0.400. The fourth-order valence-electron chi connectivity index (χ4n) is 3.42. The Labute approximate surface area is 171 Å². The maximum absolute atomic E-state index is 13.3. The number of alkyl halides is 3. The number of anilines is 2. The van der Waals surface area contributed by atoms with Gasteiger partial charge in [-0.3, -0.25) is 4.98 Å². The second-order valence-corrected chi connectivity index (χ2v) is 7.05. The van der Waals surface area contributed by atoms with Crippen molar-refractivity contribution in [3.8, 4) is 0 Å². The van der Waals surface area contributed by atoms with Crippen LogP contribution in [0.25, 0.3) is 11.0 Å². The molecule has 0 spiro atoms. The summed E-state index contributed by atoms with van der Waals surface area (Å²) in [5.41, 5.74) is -0.393. The van der Waals surface area contributed by atoms with Gasteiger partial charge in [-0.25, -0.2) is 4.98 Å². The lowest BCUT2D eigenvalue weighted by Crippen LogP contribution is -2.35. The Balaban J connectivity index is 1.69. The van der Waals surface area contributed by atoms with E-state index in [9.17, 15) is 13.2 Å². The number of hydrogen-bond acceptors (Lipinski definition) is 7. The summed E-state index contributed by atoms with van der Waals surface area (Å²) in [7, 11) is 0. The van der Waals surface area contributed by atoms with Crippen LogP contribution in [-0.4, -0.2) is 45.7 Å². The molecule has 30 heavy (non-hydrogen) atoms. The second-order valence-electron chi connectivity index (χ2n) is 7.05. The van der Waals surface area contributed by atoms with Gasteiger partial charge < -0.3 is 15.0 Å². The van der Waals surface area contributed by atoms with Gasteiger partial charge in [0.15, 0.2) is 5.65 Å². The molecule has 10 heteroatoms. The maximum Gasteiger partial charge on any atom is 0.433 e. The molecule has 0 aliphatic carbocycles. The van der Waals surface area contributed by atoms with Gasteiger partial charge in [-0.1, -0.05) is 6.07 Å². The molecule has 0 saturated carbocycles. The van der Waals surface area contributed by atoms with E-state index < -0.39 is 11.9 Å². The van der Waals surface area contributed by atoms with Gasteiger partial charge in [0, 0.05) is 43.7 Å². The molecule has 1 aliphatic heterocycles. The van der Waals surface area contributed by atoms with Crippen molar-refractivity contribution in [3.05, 3.63) is 47.9 Å². The van der Waals surface area contributed by atoms with E-state index in [1.807, 2.05) is 4.90 Å². The summed E-state index contributed by atoms with van der Waals surface area (Å²) in [6.45, 7) is 3.83. The predicted octanol–water partition coefficient (Wildman–Crippen LogP) is 3.67. The molecule has 1 atom stereocenters. The van der Waals surface area contributed by atoms with Crippen LogP contribution >= 0.6 is 0 Å². The first kappa shape index (κ1) is 20.3. The number of pyridine rings is 2. The fourth-order valence-corrected chi connectivity index (χ4v) is 3.42. The summed E-state index contributed by atoms with van der Waals surface area (Å²) in [6.07, 6.45) is -0.935. The minimum atomic E-state index is -4.53. The van der Waals surface area contributed by atoms with Crippen LogP contribution in [0.15, 0.2) is 36.7 Å². The third-order valence-corrected chi connectivity index (χ3v) is 5.01. The number of nitrogens with one attached hydrogen (secondary N) is 1. The van der Waals surface area contributed by atoms with Crippen molar-refractivity contribution < 1.29 is 17.9 Å². The highest BCUT2D eigenvalue weighted by Gasteiger charge is 2.35. The summed E-state index contributed by atoms with van der Waals surface area (Å²) in [4.78, 5) is 19.1. The smallest absolute Gasteiger partial charge is 0.380 e. The molecule has 1 aliphatic rings. The van der Waals surface area contributed by atoms with Crippen molar-refractivity contribution in [2.24, 2.45) is 0 Å². The average Bonchev–Trinajstić information content (AvgIpc) is 2.95. The van der Waals surface area contributed by atoms with Gasteiger partial charge in [-0.05, 0) is 31.5 Å². The quantitative estimate of drug-likeness (QED) is 0.693. The largest absolute Gasteiger partial charge is 0.433 e. The number of rotatable bonds is 4. The standard InChI is InChI=1S/C20H21F3N6O/c1-13-6-10-30-11-9-29(13)19-27-17-15(5-3-8-25-17)18(28-19)26-12-14-4-2-7-24-16(14)20(21,22)23/h2-5,7-8,13H,6,9-12H2,1H3,(H,25,26,27,28)/t13-/m1/s1. The first-order valence-electron chi connectivity index (χ1n) is 9.65. The van der Waals surface area contributed by atoms with E-state index >= 15 is 0 Å². The molecule has 7 nitrogen and oxygen atoms in total. The predicted molar refractivity (Wildman–Crippen MR) is 106 cm³/mol. The van der Waals surface area contributed by atoms with Crippen molar-refractivity contribution in [1.29, 1.82) is 0 Å². The van der Waals surface area contributed by atoms with E-state index in [1.165, 1.54) is 12.1 Å². The summed E-state index contributed by atoms with van der Waals surface area (Å²) < 4.78 is 45.4. The molecule has 0 aromatic carbocycles. The molecule has 158 valence electrons. The van der Waals surface area contributed by atoms with Crippen molar-refractivity contribution in [1.82, 2.24) is 19.9 Å². The molecule has 1 saturated heterocycles. The molecule has 0 amide bonds. The molecule has 4 heterocycles. The van der Waals surface area contributed by atoms with Crippen molar-refractivity contribution in [2.45, 2.75) is 32.1 Å². The van der Waals surface area contributed by atoms with E-state index in [4.69, 9.17) is 4.74 Å². The molecule has 0 radical (unpaired) electrons. The summed E-state index contributed by atoms with van der Waals surface area (Å²) >= 11 is 0. The first-order valence-corrected chi connectivity index (χ1v) is 9.65. The van der Waals surface area contributed by atoms with Crippen molar-refractivity contribution in [2.75, 3.05) is 30.0 Å². The summed E-state index contributed by atoms with van der Waals surface area (Å²) in [6, 6.07) is 6.58. The van der Waals surface area contributed by atoms with Crippen LogP contribution in [0.4, 0.5) is 24.9 Å². The third-order valence-electron chi connectivity index (χ3n) is 5.01. The van der Waals surface area contributed by atoms with Crippen LogP contribution < -0.4 is 10.2 Å². The molecule has 4 rings (SSSR count). The van der Waals surface area contributed by atoms with Crippen LogP contribution in [0.3, 0.4) is 0 Å². The SMILES string of the molecule is C[C@@H]1CCOCCN1c1nc(NCc2cccnc2C(F)(F)F)c2cccnc2n1. The highest BCUT2D eigenvalue weighted by molar-refractivity contribution is 5.87. The molecule has 3 aromatic heterocycles. The van der Waals surface area contributed by atoms with Gasteiger partial charge >= 0.3 is 6.18 Å². The molecule has 1 N–H and O–H groups in total. The van der Waals surface area contributed by atoms with Gasteiger partial charge in [-0.15, -0.1) is 0 Å². The highest BCUT2D eigenvalue weighted by atomic mass is 19.4. The Hall–Kier alpha value is -3.01. The Morgan fingerprint density at radius 2 is 1.93 bits per heavy atom. The number of nitrogens with zero attached hydrogens (tertiary/aromatic N) is 5. The monoisotopic (exact) mass is 418 g/mol. The zero-order valence-electron chi connectivity index (χ0n) is 16.4. The minimum absolute atomic E-state index is 0.0405. The van der Waals surface area contributed by atoms with Gasteiger partial charge in [0.1, 0.15) is 11.5 Å². The third kappa shape index (κ3) is 4.28. The molecule has 1 fully saturated rings. The maximum atomic E-state index is 13.3. The lowest BCUT2D eigenvalue weighted by Gasteiger charge is -2.27. The number of fused-ring (bicyclic) bond motifs is 1. The highest BCUT2D eigenvalue weighted by Crippen LogP contribution is 2.31. The zero-order valence-corrected chi connectivity index (χ0v) is 16.4. The van der Waals surface area contributed by atoms with E-state index in [-0.39, 0.29) is 18.2 Å². The Morgan fingerprint density at radius 1 is 1.13 bits per heavy atom. The van der Waals surface area contributed by atoms with Crippen LogP contribution in [0.1, 0.15) is 24.6 Å². The molecular formula is C20H21F3N6O. The van der Waals surface area contributed by atoms with E-state index in [1.54, 1.807) is 18.3 Å². The number of aromatic nitrogens is 4. The van der Waals surface area contributed by atoms with Crippen molar-refractivity contribution in [3.63, 3.8) is 0 Å². The lowest BCUT2D eigenvalue weighted by atomic mass is 10.2. The van der Waals surface area contributed by atoms with Gasteiger partial charge in [0.2, 0.25) is 5.95 Å². The van der Waals surface area contributed by atoms with E-state index in [0.717, 1.165) is 12.6 Å². The van der Waals surface area contributed by atoms with Crippen molar-refractivity contribution >= 4 is 22.8 Å². The molecular weight excluding hydrogens is 397 g/mol. The normalized spacial score (nSPS) is 17.7. The Bertz CT molecular complexity index is 1030. The molecule has 0 unspecified atom stereocenters. The Morgan fingerprint density at radius 3 is 2.77 bits per heavy atom.